The van der Waals surface area contributed by atoms with E-state index in [1.165, 1.54) is 32.1 Å². The molecule has 0 aliphatic carbocycles. The van der Waals surface area contributed by atoms with Crippen molar-refractivity contribution in [3.05, 3.63) is 18.2 Å². The summed E-state index contributed by atoms with van der Waals surface area (Å²) in [6, 6.07) is 5.57. The van der Waals surface area contributed by atoms with Gasteiger partial charge in [0.05, 0.1) is 5.69 Å². The second-order valence-corrected chi connectivity index (χ2v) is 6.07. The summed E-state index contributed by atoms with van der Waals surface area (Å²) < 4.78 is 5.66. The van der Waals surface area contributed by atoms with Crippen LogP contribution in [0.25, 0.3) is 0 Å². The zero-order valence-electron chi connectivity index (χ0n) is 13.8. The molecule has 0 aromatic heterocycles. The van der Waals surface area contributed by atoms with E-state index in [-0.39, 0.29) is 5.91 Å². The second kappa shape index (κ2) is 8.06. The number of fused-ring (bicyclic) bond motifs is 1. The van der Waals surface area contributed by atoms with Crippen molar-refractivity contribution in [1.29, 1.82) is 0 Å². The molecule has 1 aromatic rings. The Morgan fingerprint density at radius 1 is 1.14 bits per heavy atom. The van der Waals surface area contributed by atoms with E-state index in [2.05, 4.69) is 6.92 Å². The van der Waals surface area contributed by atoms with Gasteiger partial charge in [-0.1, -0.05) is 51.5 Å². The molecule has 0 spiro atoms. The minimum Gasteiger partial charge on any atom is -0.479 e. The largest absolute Gasteiger partial charge is 0.479 e. The van der Waals surface area contributed by atoms with E-state index in [1.807, 2.05) is 23.1 Å². The number of carbonyl (C=O) groups is 1. The molecule has 1 heterocycles. The van der Waals surface area contributed by atoms with Crippen LogP contribution in [-0.4, -0.2) is 18.6 Å². The maximum atomic E-state index is 12.4. The molecule has 22 heavy (non-hydrogen) atoms. The molecule has 0 fully saturated rings. The van der Waals surface area contributed by atoms with Gasteiger partial charge in [-0.15, -0.1) is 0 Å². The molecule has 1 aromatic carbocycles. The molecule has 1 aliphatic heterocycles. The van der Waals surface area contributed by atoms with Gasteiger partial charge in [0.15, 0.2) is 6.10 Å². The summed E-state index contributed by atoms with van der Waals surface area (Å²) in [7, 11) is 0. The van der Waals surface area contributed by atoms with Crippen LogP contribution in [0.1, 0.15) is 58.8 Å². The normalized spacial score (nSPS) is 17.3. The van der Waals surface area contributed by atoms with Gasteiger partial charge in [-0.05, 0) is 25.5 Å². The first-order valence-corrected chi connectivity index (χ1v) is 8.51. The minimum atomic E-state index is -0.432. The molecular formula is C18H28N2O2. The number of anilines is 2. The van der Waals surface area contributed by atoms with Crippen molar-refractivity contribution in [2.24, 2.45) is 0 Å². The third kappa shape index (κ3) is 3.93. The van der Waals surface area contributed by atoms with E-state index in [9.17, 15) is 4.79 Å². The van der Waals surface area contributed by atoms with Crippen LogP contribution in [-0.2, 0) is 4.79 Å². The van der Waals surface area contributed by atoms with Gasteiger partial charge in [0.25, 0.3) is 5.91 Å². The fraction of sp³-hybridized carbons (Fsp3) is 0.611. The van der Waals surface area contributed by atoms with Crippen molar-refractivity contribution in [3.63, 3.8) is 0 Å². The number of ether oxygens (including phenoxy) is 1. The lowest BCUT2D eigenvalue weighted by molar-refractivity contribution is -0.125. The Hall–Kier alpha value is -1.71. The second-order valence-electron chi connectivity index (χ2n) is 6.07. The van der Waals surface area contributed by atoms with Gasteiger partial charge in [0.2, 0.25) is 0 Å². The Bertz CT molecular complexity index is 502. The first kappa shape index (κ1) is 16.7. The molecule has 0 bridgehead atoms. The highest BCUT2D eigenvalue weighted by Gasteiger charge is 2.32. The van der Waals surface area contributed by atoms with Crippen LogP contribution in [0, 0.1) is 0 Å². The maximum absolute atomic E-state index is 12.4. The first-order valence-electron chi connectivity index (χ1n) is 8.51. The Labute approximate surface area is 133 Å². The van der Waals surface area contributed by atoms with Crippen molar-refractivity contribution in [1.82, 2.24) is 0 Å². The quantitative estimate of drug-likeness (QED) is 0.580. The number of nitrogens with two attached hydrogens (primary N) is 1. The Morgan fingerprint density at radius 3 is 2.55 bits per heavy atom. The average molecular weight is 304 g/mol. The van der Waals surface area contributed by atoms with Gasteiger partial charge < -0.3 is 15.4 Å². The standard InChI is InChI=1S/C18H28N2O2/c1-3-4-5-6-7-8-9-13-20-17-15(19)11-10-12-16(17)22-14(2)18(20)21/h10-12,14H,3-9,13,19H2,1-2H3. The molecule has 2 N–H and O–H groups in total. The van der Waals surface area contributed by atoms with Gasteiger partial charge in [0.1, 0.15) is 11.4 Å². The monoisotopic (exact) mass is 304 g/mol. The summed E-state index contributed by atoms with van der Waals surface area (Å²) in [5, 5.41) is 0. The number of hydrogen-bond acceptors (Lipinski definition) is 3. The molecule has 4 nitrogen and oxygen atoms in total. The van der Waals surface area contributed by atoms with E-state index in [0.717, 1.165) is 30.8 Å². The zero-order valence-corrected chi connectivity index (χ0v) is 13.8. The summed E-state index contributed by atoms with van der Waals surface area (Å²) >= 11 is 0. The third-order valence-electron chi connectivity index (χ3n) is 4.20. The molecular weight excluding hydrogens is 276 g/mol. The molecule has 0 radical (unpaired) electrons. The summed E-state index contributed by atoms with van der Waals surface area (Å²) in [4.78, 5) is 14.2. The van der Waals surface area contributed by atoms with Gasteiger partial charge >= 0.3 is 0 Å². The van der Waals surface area contributed by atoms with Crippen LogP contribution in [0.3, 0.4) is 0 Å². The molecule has 2 rings (SSSR count). The van der Waals surface area contributed by atoms with E-state index in [0.29, 0.717) is 5.69 Å². The molecule has 1 unspecified atom stereocenters. The van der Waals surface area contributed by atoms with E-state index in [4.69, 9.17) is 10.5 Å². The van der Waals surface area contributed by atoms with Crippen molar-refractivity contribution < 1.29 is 9.53 Å². The van der Waals surface area contributed by atoms with Gasteiger partial charge in [-0.25, -0.2) is 0 Å². The number of rotatable bonds is 8. The van der Waals surface area contributed by atoms with Crippen molar-refractivity contribution in [2.45, 2.75) is 64.9 Å². The fourth-order valence-corrected chi connectivity index (χ4v) is 2.94. The molecule has 1 atom stereocenters. The third-order valence-corrected chi connectivity index (χ3v) is 4.20. The Morgan fingerprint density at radius 2 is 1.82 bits per heavy atom. The van der Waals surface area contributed by atoms with Crippen molar-refractivity contribution in [3.8, 4) is 5.75 Å². The maximum Gasteiger partial charge on any atom is 0.267 e. The van der Waals surface area contributed by atoms with Crippen molar-refractivity contribution >= 4 is 17.3 Å². The predicted octanol–water partition coefficient (Wildman–Crippen LogP) is 4.13. The zero-order chi connectivity index (χ0) is 15.9. The highest BCUT2D eigenvalue weighted by molar-refractivity contribution is 6.02. The van der Waals surface area contributed by atoms with Crippen LogP contribution >= 0.6 is 0 Å². The molecule has 1 aliphatic rings. The first-order chi connectivity index (χ1) is 10.6. The van der Waals surface area contributed by atoms with Crippen molar-refractivity contribution in [2.75, 3.05) is 17.2 Å². The lowest BCUT2D eigenvalue weighted by atomic mass is 10.1. The number of carbonyl (C=O) groups excluding carboxylic acids is 1. The molecule has 0 saturated carbocycles. The Balaban J connectivity index is 1.91. The highest BCUT2D eigenvalue weighted by Crippen LogP contribution is 2.38. The Kier molecular flexibility index (Phi) is 6.10. The molecule has 4 heteroatoms. The number of nitrogen functional groups attached to an aromatic ring is 1. The SMILES string of the molecule is CCCCCCCCCN1C(=O)C(C)Oc2cccc(N)c21. The lowest BCUT2D eigenvalue weighted by Crippen LogP contribution is -2.45. The number of nitrogens with zero attached hydrogens (tertiary/aromatic N) is 1. The van der Waals surface area contributed by atoms with Gasteiger partial charge in [-0.2, -0.15) is 0 Å². The predicted molar refractivity (Wildman–Crippen MR) is 91.3 cm³/mol. The van der Waals surface area contributed by atoms with Crippen LogP contribution in [0.4, 0.5) is 11.4 Å². The minimum absolute atomic E-state index is 0.0105. The fourth-order valence-electron chi connectivity index (χ4n) is 2.94. The van der Waals surface area contributed by atoms with Crippen LogP contribution in [0.5, 0.6) is 5.75 Å². The number of amides is 1. The summed E-state index contributed by atoms with van der Waals surface area (Å²) in [5.41, 5.74) is 7.41. The highest BCUT2D eigenvalue weighted by atomic mass is 16.5. The summed E-state index contributed by atoms with van der Waals surface area (Å²) in [6.07, 6.45) is 8.19. The molecule has 1 amide bonds. The van der Waals surface area contributed by atoms with Crippen LogP contribution in [0.2, 0.25) is 0 Å². The lowest BCUT2D eigenvalue weighted by Gasteiger charge is -2.33. The smallest absolute Gasteiger partial charge is 0.267 e. The average Bonchev–Trinajstić information content (AvgIpc) is 2.50. The molecule has 0 saturated heterocycles. The van der Waals surface area contributed by atoms with E-state index >= 15 is 0 Å². The summed E-state index contributed by atoms with van der Waals surface area (Å²) in [6.45, 7) is 4.75. The van der Waals surface area contributed by atoms with Gasteiger partial charge in [-0.3, -0.25) is 4.79 Å². The van der Waals surface area contributed by atoms with Crippen LogP contribution in [0.15, 0.2) is 18.2 Å². The number of hydrogen-bond donors (Lipinski definition) is 1. The van der Waals surface area contributed by atoms with E-state index in [1.54, 1.807) is 6.92 Å². The van der Waals surface area contributed by atoms with E-state index < -0.39 is 6.10 Å². The summed E-state index contributed by atoms with van der Waals surface area (Å²) in [5.74, 6) is 0.728. The topological polar surface area (TPSA) is 55.6 Å². The number of unbranched alkanes of at least 4 members (excludes halogenated alkanes) is 6. The van der Waals surface area contributed by atoms with Gasteiger partial charge in [0, 0.05) is 6.54 Å². The number of para-hydroxylation sites is 1. The van der Waals surface area contributed by atoms with Crippen LogP contribution < -0.4 is 15.4 Å². The number of benzene rings is 1. The molecule has 122 valence electrons.